The maximum atomic E-state index is 12.6. The highest BCUT2D eigenvalue weighted by atomic mass is 35.5. The second-order valence-electron chi connectivity index (χ2n) is 5.23. The van der Waals surface area contributed by atoms with Gasteiger partial charge in [-0.25, -0.2) is 0 Å². The minimum Gasteiger partial charge on any atom is -0.489 e. The minimum atomic E-state index is -0.159. The molecule has 0 aliphatic rings. The highest BCUT2D eigenvalue weighted by Gasteiger charge is 2.17. The van der Waals surface area contributed by atoms with Gasteiger partial charge in [0.1, 0.15) is 6.61 Å². The summed E-state index contributed by atoms with van der Waals surface area (Å²) < 4.78 is 5.65. The van der Waals surface area contributed by atoms with Crippen LogP contribution >= 0.6 is 46.4 Å². The van der Waals surface area contributed by atoms with Crippen molar-refractivity contribution in [1.29, 1.82) is 0 Å². The highest BCUT2D eigenvalue weighted by Crippen LogP contribution is 2.35. The van der Waals surface area contributed by atoms with Gasteiger partial charge in [-0.3, -0.25) is 9.78 Å². The standard InChI is InChI=1S/C17H16Cl4N2O2/c1-2-3-23(17(24)11-6-13(19)10-22-9-11)4-5-25-16-14(20)7-12(18)8-15(16)21/h6-10H,2-5H2,1H3. The number of carbonyl (C=O) groups is 1. The van der Waals surface area contributed by atoms with Gasteiger partial charge >= 0.3 is 0 Å². The Balaban J connectivity index is 2.04. The Hall–Kier alpha value is -1.20. The van der Waals surface area contributed by atoms with E-state index in [1.54, 1.807) is 23.1 Å². The molecule has 4 nitrogen and oxygen atoms in total. The molecular weight excluding hydrogens is 406 g/mol. The van der Waals surface area contributed by atoms with Crippen molar-refractivity contribution in [3.05, 3.63) is 56.2 Å². The van der Waals surface area contributed by atoms with E-state index in [1.165, 1.54) is 12.4 Å². The van der Waals surface area contributed by atoms with E-state index < -0.39 is 0 Å². The van der Waals surface area contributed by atoms with Crippen LogP contribution in [0.5, 0.6) is 5.75 Å². The summed E-state index contributed by atoms with van der Waals surface area (Å²) in [6, 6.07) is 4.70. The molecule has 8 heteroatoms. The molecule has 0 spiro atoms. The number of ether oxygens (including phenoxy) is 1. The summed E-state index contributed by atoms with van der Waals surface area (Å²) in [6.07, 6.45) is 3.78. The molecule has 25 heavy (non-hydrogen) atoms. The minimum absolute atomic E-state index is 0.159. The summed E-state index contributed by atoms with van der Waals surface area (Å²) in [6.45, 7) is 3.18. The third-order valence-electron chi connectivity index (χ3n) is 3.30. The van der Waals surface area contributed by atoms with Crippen molar-refractivity contribution in [1.82, 2.24) is 9.88 Å². The fourth-order valence-corrected chi connectivity index (χ4v) is 3.32. The number of hydrogen-bond acceptors (Lipinski definition) is 3. The Morgan fingerprint density at radius 2 is 1.72 bits per heavy atom. The topological polar surface area (TPSA) is 42.4 Å². The van der Waals surface area contributed by atoms with Gasteiger partial charge in [-0.2, -0.15) is 0 Å². The molecule has 0 aliphatic heterocycles. The smallest absolute Gasteiger partial charge is 0.255 e. The molecule has 1 amide bonds. The van der Waals surface area contributed by atoms with Crippen LogP contribution in [0.15, 0.2) is 30.6 Å². The normalized spacial score (nSPS) is 10.6. The average Bonchev–Trinajstić information content (AvgIpc) is 2.55. The van der Waals surface area contributed by atoms with Gasteiger partial charge in [-0.1, -0.05) is 53.3 Å². The second-order valence-corrected chi connectivity index (χ2v) is 6.92. The molecular formula is C17H16Cl4N2O2. The third kappa shape index (κ3) is 5.65. The van der Waals surface area contributed by atoms with E-state index in [0.717, 1.165) is 6.42 Å². The van der Waals surface area contributed by atoms with Crippen LogP contribution in [-0.4, -0.2) is 35.5 Å². The monoisotopic (exact) mass is 420 g/mol. The van der Waals surface area contributed by atoms with Crippen LogP contribution in [0.4, 0.5) is 0 Å². The van der Waals surface area contributed by atoms with Crippen LogP contribution in [-0.2, 0) is 0 Å². The summed E-state index contributed by atoms with van der Waals surface area (Å²) in [5.74, 6) is 0.190. The summed E-state index contributed by atoms with van der Waals surface area (Å²) in [7, 11) is 0. The van der Waals surface area contributed by atoms with Crippen LogP contribution in [0.2, 0.25) is 20.1 Å². The molecule has 2 rings (SSSR count). The molecule has 0 saturated heterocycles. The predicted octanol–water partition coefficient (Wildman–Crippen LogP) is 5.63. The van der Waals surface area contributed by atoms with Crippen molar-refractivity contribution in [3.8, 4) is 5.75 Å². The highest BCUT2D eigenvalue weighted by molar-refractivity contribution is 6.40. The molecule has 0 bridgehead atoms. The maximum Gasteiger partial charge on any atom is 0.255 e. The Morgan fingerprint density at radius 1 is 1.04 bits per heavy atom. The van der Waals surface area contributed by atoms with Gasteiger partial charge in [-0.15, -0.1) is 0 Å². The zero-order valence-electron chi connectivity index (χ0n) is 13.4. The molecule has 0 aliphatic carbocycles. The molecule has 1 aromatic carbocycles. The van der Waals surface area contributed by atoms with E-state index in [-0.39, 0.29) is 12.5 Å². The SMILES string of the molecule is CCCN(CCOc1c(Cl)cc(Cl)cc1Cl)C(=O)c1cncc(Cl)c1. The summed E-state index contributed by atoms with van der Waals surface area (Å²) >= 11 is 24.0. The average molecular weight is 422 g/mol. The van der Waals surface area contributed by atoms with E-state index in [1.807, 2.05) is 6.92 Å². The van der Waals surface area contributed by atoms with Crippen LogP contribution in [0, 0.1) is 0 Å². The van der Waals surface area contributed by atoms with Crippen LogP contribution in [0.3, 0.4) is 0 Å². The molecule has 0 saturated carbocycles. The molecule has 1 aromatic heterocycles. The van der Waals surface area contributed by atoms with Crippen molar-refractivity contribution in [2.45, 2.75) is 13.3 Å². The largest absolute Gasteiger partial charge is 0.489 e. The first kappa shape index (κ1) is 20.1. The van der Waals surface area contributed by atoms with Gasteiger partial charge in [-0.05, 0) is 24.6 Å². The van der Waals surface area contributed by atoms with Crippen molar-refractivity contribution < 1.29 is 9.53 Å². The van der Waals surface area contributed by atoms with Gasteiger partial charge < -0.3 is 9.64 Å². The number of hydrogen-bond donors (Lipinski definition) is 0. The van der Waals surface area contributed by atoms with Crippen molar-refractivity contribution in [2.24, 2.45) is 0 Å². The predicted molar refractivity (Wildman–Crippen MR) is 102 cm³/mol. The zero-order chi connectivity index (χ0) is 18.4. The number of carbonyl (C=O) groups excluding carboxylic acids is 1. The van der Waals surface area contributed by atoms with E-state index in [0.29, 0.717) is 44.5 Å². The van der Waals surface area contributed by atoms with Gasteiger partial charge in [0.25, 0.3) is 5.91 Å². The van der Waals surface area contributed by atoms with Crippen LogP contribution < -0.4 is 4.74 Å². The zero-order valence-corrected chi connectivity index (χ0v) is 16.5. The summed E-state index contributed by atoms with van der Waals surface area (Å²) in [5.41, 5.74) is 0.434. The Bertz CT molecular complexity index is 732. The van der Waals surface area contributed by atoms with Gasteiger partial charge in [0.05, 0.1) is 27.2 Å². The molecule has 2 aromatic rings. The fourth-order valence-electron chi connectivity index (χ4n) is 2.22. The van der Waals surface area contributed by atoms with Gasteiger partial charge in [0, 0.05) is 24.0 Å². The van der Waals surface area contributed by atoms with Crippen molar-refractivity contribution >= 4 is 52.3 Å². The Labute approximate surface area is 166 Å². The number of rotatable bonds is 7. The van der Waals surface area contributed by atoms with E-state index in [4.69, 9.17) is 51.1 Å². The second kappa shape index (κ2) is 9.48. The number of benzene rings is 1. The molecule has 0 fully saturated rings. The van der Waals surface area contributed by atoms with E-state index >= 15 is 0 Å². The molecule has 0 radical (unpaired) electrons. The van der Waals surface area contributed by atoms with E-state index in [2.05, 4.69) is 4.98 Å². The van der Waals surface area contributed by atoms with Gasteiger partial charge in [0.15, 0.2) is 5.75 Å². The van der Waals surface area contributed by atoms with Crippen molar-refractivity contribution in [3.63, 3.8) is 0 Å². The lowest BCUT2D eigenvalue weighted by atomic mass is 10.2. The lowest BCUT2D eigenvalue weighted by Gasteiger charge is -2.22. The first-order valence-electron chi connectivity index (χ1n) is 7.59. The molecule has 0 N–H and O–H groups in total. The molecule has 0 unspecified atom stereocenters. The number of halogens is 4. The number of amides is 1. The molecule has 0 atom stereocenters. The first-order valence-corrected chi connectivity index (χ1v) is 9.10. The van der Waals surface area contributed by atoms with E-state index in [9.17, 15) is 4.79 Å². The summed E-state index contributed by atoms with van der Waals surface area (Å²) in [4.78, 5) is 18.2. The Morgan fingerprint density at radius 3 is 2.32 bits per heavy atom. The maximum absolute atomic E-state index is 12.6. The van der Waals surface area contributed by atoms with Crippen molar-refractivity contribution in [2.75, 3.05) is 19.7 Å². The van der Waals surface area contributed by atoms with Crippen LogP contribution in [0.1, 0.15) is 23.7 Å². The molecule has 1 heterocycles. The third-order valence-corrected chi connectivity index (χ3v) is 4.29. The number of pyridine rings is 1. The first-order chi connectivity index (χ1) is 11.9. The quantitative estimate of drug-likeness (QED) is 0.581. The number of nitrogens with zero attached hydrogens (tertiary/aromatic N) is 2. The van der Waals surface area contributed by atoms with Crippen LogP contribution in [0.25, 0.3) is 0 Å². The fraction of sp³-hybridized carbons (Fsp3) is 0.294. The summed E-state index contributed by atoms with van der Waals surface area (Å²) in [5, 5.41) is 1.49. The van der Waals surface area contributed by atoms with Gasteiger partial charge in [0.2, 0.25) is 0 Å². The molecule has 134 valence electrons. The Kier molecular flexibility index (Phi) is 7.63. The lowest BCUT2D eigenvalue weighted by molar-refractivity contribution is 0.0729. The lowest BCUT2D eigenvalue weighted by Crippen LogP contribution is -2.35. The number of aromatic nitrogens is 1.